The van der Waals surface area contributed by atoms with Crippen molar-refractivity contribution >= 4 is 21.7 Å². The zero-order valence-electron chi connectivity index (χ0n) is 7.75. The number of rotatable bonds is 2. The van der Waals surface area contributed by atoms with Gasteiger partial charge in [-0.2, -0.15) is 18.4 Å². The summed E-state index contributed by atoms with van der Waals surface area (Å²) in [7, 11) is 0. The number of nitrogens with zero attached hydrogens (tertiary/aromatic N) is 1. The molecule has 0 bridgehead atoms. The van der Waals surface area contributed by atoms with Gasteiger partial charge >= 0.3 is 6.18 Å². The summed E-state index contributed by atoms with van der Waals surface area (Å²) in [6.07, 6.45) is -4.99. The van der Waals surface area contributed by atoms with Gasteiger partial charge in [0.05, 0.1) is 6.07 Å². The molecule has 0 spiro atoms. The number of hydrogen-bond acceptors (Lipinski definition) is 2. The van der Waals surface area contributed by atoms with Crippen LogP contribution in [0.1, 0.15) is 11.5 Å². The monoisotopic (exact) mass is 291 g/mol. The standard InChI is InChI=1S/C10H5BrF3NO/c11-7-3-1-6(2-4-7)8(5-15)9(16)10(12,13)14/h1-4,8H. The van der Waals surface area contributed by atoms with Gasteiger partial charge in [0.2, 0.25) is 0 Å². The van der Waals surface area contributed by atoms with Gasteiger partial charge in [-0.05, 0) is 17.7 Å². The largest absolute Gasteiger partial charge is 0.451 e. The second-order valence-corrected chi connectivity index (χ2v) is 3.89. The van der Waals surface area contributed by atoms with Crippen molar-refractivity contribution in [2.45, 2.75) is 12.1 Å². The first-order valence-corrected chi connectivity index (χ1v) is 4.91. The van der Waals surface area contributed by atoms with E-state index in [9.17, 15) is 18.0 Å². The molecule has 1 rings (SSSR count). The van der Waals surface area contributed by atoms with Gasteiger partial charge in [0.15, 0.2) is 0 Å². The molecular weight excluding hydrogens is 287 g/mol. The van der Waals surface area contributed by atoms with Gasteiger partial charge in [-0.3, -0.25) is 4.79 Å². The van der Waals surface area contributed by atoms with Crippen LogP contribution in [0.25, 0.3) is 0 Å². The number of hydrogen-bond donors (Lipinski definition) is 0. The van der Waals surface area contributed by atoms with E-state index in [2.05, 4.69) is 15.9 Å². The Morgan fingerprint density at radius 2 is 1.81 bits per heavy atom. The molecule has 16 heavy (non-hydrogen) atoms. The topological polar surface area (TPSA) is 40.9 Å². The van der Waals surface area contributed by atoms with Gasteiger partial charge in [-0.1, -0.05) is 28.1 Å². The Kier molecular flexibility index (Phi) is 3.70. The highest BCUT2D eigenvalue weighted by Gasteiger charge is 2.44. The van der Waals surface area contributed by atoms with E-state index in [4.69, 9.17) is 5.26 Å². The summed E-state index contributed by atoms with van der Waals surface area (Å²) in [4.78, 5) is 10.9. The van der Waals surface area contributed by atoms with Crippen molar-refractivity contribution in [3.05, 3.63) is 34.3 Å². The van der Waals surface area contributed by atoms with E-state index >= 15 is 0 Å². The van der Waals surface area contributed by atoms with Crippen LogP contribution in [0, 0.1) is 11.3 Å². The van der Waals surface area contributed by atoms with Gasteiger partial charge < -0.3 is 0 Å². The molecular formula is C10H5BrF3NO. The highest BCUT2D eigenvalue weighted by Crippen LogP contribution is 2.27. The van der Waals surface area contributed by atoms with E-state index in [0.29, 0.717) is 4.47 Å². The Balaban J connectivity index is 3.06. The van der Waals surface area contributed by atoms with Crippen molar-refractivity contribution in [1.29, 1.82) is 5.26 Å². The second-order valence-electron chi connectivity index (χ2n) is 2.98. The molecule has 1 atom stereocenters. The molecule has 0 amide bonds. The SMILES string of the molecule is N#CC(C(=O)C(F)(F)F)c1ccc(Br)cc1. The highest BCUT2D eigenvalue weighted by atomic mass is 79.9. The predicted octanol–water partition coefficient (Wildman–Crippen LogP) is 3.19. The molecule has 6 heteroatoms. The van der Waals surface area contributed by atoms with Gasteiger partial charge in [0, 0.05) is 4.47 Å². The summed E-state index contributed by atoms with van der Waals surface area (Å²) >= 11 is 3.10. The maximum absolute atomic E-state index is 12.1. The van der Waals surface area contributed by atoms with E-state index in [-0.39, 0.29) is 5.56 Å². The highest BCUT2D eigenvalue weighted by molar-refractivity contribution is 9.10. The van der Waals surface area contributed by atoms with Crippen LogP contribution in [0.3, 0.4) is 0 Å². The van der Waals surface area contributed by atoms with Crippen molar-refractivity contribution in [2.24, 2.45) is 0 Å². The Labute approximate surface area is 97.8 Å². The van der Waals surface area contributed by atoms with Crippen LogP contribution in [-0.4, -0.2) is 12.0 Å². The molecule has 0 heterocycles. The number of carbonyl (C=O) groups excluding carboxylic acids is 1. The van der Waals surface area contributed by atoms with Crippen LogP contribution >= 0.6 is 15.9 Å². The number of nitriles is 1. The van der Waals surface area contributed by atoms with E-state index in [1.165, 1.54) is 30.3 Å². The average Bonchev–Trinajstić information content (AvgIpc) is 2.20. The van der Waals surface area contributed by atoms with E-state index in [1.54, 1.807) is 0 Å². The van der Waals surface area contributed by atoms with Crippen molar-refractivity contribution in [3.8, 4) is 6.07 Å². The third-order valence-corrected chi connectivity index (χ3v) is 2.40. The maximum Gasteiger partial charge on any atom is 0.451 e. The fraction of sp³-hybridized carbons (Fsp3) is 0.200. The second kappa shape index (κ2) is 4.66. The van der Waals surface area contributed by atoms with Gasteiger partial charge in [0.25, 0.3) is 5.78 Å². The molecule has 0 aliphatic heterocycles. The molecule has 0 fully saturated rings. The number of alkyl halides is 3. The lowest BCUT2D eigenvalue weighted by molar-refractivity contribution is -0.171. The van der Waals surface area contributed by atoms with Crippen molar-refractivity contribution in [3.63, 3.8) is 0 Å². The van der Waals surface area contributed by atoms with Gasteiger partial charge in [-0.15, -0.1) is 0 Å². The zero-order chi connectivity index (χ0) is 12.3. The van der Waals surface area contributed by atoms with Crippen LogP contribution in [0.2, 0.25) is 0 Å². The summed E-state index contributed by atoms with van der Waals surface area (Å²) in [5, 5.41) is 8.60. The van der Waals surface area contributed by atoms with E-state index in [0.717, 1.165) is 0 Å². The third kappa shape index (κ3) is 2.83. The molecule has 0 saturated heterocycles. The Morgan fingerprint density at radius 3 is 2.19 bits per heavy atom. The lowest BCUT2D eigenvalue weighted by Gasteiger charge is -2.10. The van der Waals surface area contributed by atoms with Crippen LogP contribution in [0.4, 0.5) is 13.2 Å². The fourth-order valence-corrected chi connectivity index (χ4v) is 1.37. The van der Waals surface area contributed by atoms with Gasteiger partial charge in [-0.25, -0.2) is 0 Å². The number of ketones is 1. The number of carbonyl (C=O) groups is 1. The lowest BCUT2D eigenvalue weighted by Crippen LogP contribution is -2.28. The number of benzene rings is 1. The first-order valence-electron chi connectivity index (χ1n) is 4.12. The maximum atomic E-state index is 12.1. The third-order valence-electron chi connectivity index (χ3n) is 1.87. The van der Waals surface area contributed by atoms with Crippen LogP contribution < -0.4 is 0 Å². The molecule has 0 radical (unpaired) electrons. The summed E-state index contributed by atoms with van der Waals surface area (Å²) in [5.41, 5.74) is 0.0352. The summed E-state index contributed by atoms with van der Waals surface area (Å²) in [5.74, 6) is -3.84. The van der Waals surface area contributed by atoms with Crippen molar-refractivity contribution < 1.29 is 18.0 Å². The first-order chi connectivity index (χ1) is 7.36. The molecule has 1 unspecified atom stereocenters. The van der Waals surface area contributed by atoms with Crippen LogP contribution in [0.5, 0.6) is 0 Å². The minimum absolute atomic E-state index is 0.0352. The summed E-state index contributed by atoms with van der Waals surface area (Å²) in [6.45, 7) is 0. The van der Waals surface area contributed by atoms with E-state index < -0.39 is 17.9 Å². The molecule has 0 saturated carbocycles. The Morgan fingerprint density at radius 1 is 1.31 bits per heavy atom. The number of Topliss-reactive ketones (excluding diaryl/α,β-unsaturated/α-hetero) is 1. The first kappa shape index (κ1) is 12.7. The van der Waals surface area contributed by atoms with E-state index in [1.807, 2.05) is 0 Å². The molecule has 84 valence electrons. The minimum Gasteiger partial charge on any atom is -0.288 e. The Hall–Kier alpha value is -1.35. The molecule has 1 aromatic carbocycles. The molecule has 1 aromatic rings. The summed E-state index contributed by atoms with van der Waals surface area (Å²) in [6, 6.07) is 6.92. The van der Waals surface area contributed by atoms with Crippen molar-refractivity contribution in [1.82, 2.24) is 0 Å². The summed E-state index contributed by atoms with van der Waals surface area (Å²) < 4.78 is 37.1. The van der Waals surface area contributed by atoms with Crippen LogP contribution in [0.15, 0.2) is 28.7 Å². The zero-order valence-corrected chi connectivity index (χ0v) is 9.34. The molecule has 0 aliphatic rings. The molecule has 0 N–H and O–H groups in total. The fourth-order valence-electron chi connectivity index (χ4n) is 1.10. The number of halogens is 4. The average molecular weight is 292 g/mol. The normalized spacial score (nSPS) is 12.9. The van der Waals surface area contributed by atoms with Crippen molar-refractivity contribution in [2.75, 3.05) is 0 Å². The molecule has 0 aromatic heterocycles. The quantitative estimate of drug-likeness (QED) is 0.840. The predicted molar refractivity (Wildman–Crippen MR) is 53.6 cm³/mol. The van der Waals surface area contributed by atoms with Gasteiger partial charge in [0.1, 0.15) is 5.92 Å². The lowest BCUT2D eigenvalue weighted by atomic mass is 9.96. The molecule has 0 aliphatic carbocycles. The minimum atomic E-state index is -4.99. The smallest absolute Gasteiger partial charge is 0.288 e. The van der Waals surface area contributed by atoms with Crippen LogP contribution in [-0.2, 0) is 4.79 Å². The Bertz CT molecular complexity index is 433. The molecule has 2 nitrogen and oxygen atoms in total.